The van der Waals surface area contributed by atoms with E-state index in [0.717, 1.165) is 0 Å². The topological polar surface area (TPSA) is 17.1 Å². The summed E-state index contributed by atoms with van der Waals surface area (Å²) in [5.74, 6) is -3.87. The Hall–Kier alpha value is -0.470. The molecule has 0 atom stereocenters. The molecule has 1 rings (SSSR count). The summed E-state index contributed by atoms with van der Waals surface area (Å²) in [6.45, 7) is 0. The Balaban J connectivity index is 2.59. The van der Waals surface area contributed by atoms with Gasteiger partial charge in [0.15, 0.2) is 0 Å². The van der Waals surface area contributed by atoms with Crippen LogP contribution in [0.2, 0.25) is 0 Å². The highest BCUT2D eigenvalue weighted by Crippen LogP contribution is 2.32. The molecule has 1 nitrogen and oxygen atoms in total. The number of ketones is 1. The smallest absolute Gasteiger partial charge is 0.293 e. The molecule has 1 fully saturated rings. The lowest BCUT2D eigenvalue weighted by molar-refractivity contribution is -0.158. The van der Waals surface area contributed by atoms with E-state index in [1.54, 1.807) is 0 Å². The van der Waals surface area contributed by atoms with Crippen molar-refractivity contribution in [3.63, 3.8) is 0 Å². The fourth-order valence-electron chi connectivity index (χ4n) is 0.416. The molecule has 1 aliphatic rings. The van der Waals surface area contributed by atoms with E-state index in [9.17, 15) is 13.6 Å². The van der Waals surface area contributed by atoms with Crippen molar-refractivity contribution in [3.05, 3.63) is 0 Å². The molecule has 1 saturated carbocycles. The zero-order valence-corrected chi connectivity index (χ0v) is 3.58. The first kappa shape index (κ1) is 4.68. The summed E-state index contributed by atoms with van der Waals surface area (Å²) in [7, 11) is 0. The Kier molecular flexibility index (Phi) is 0.685. The van der Waals surface area contributed by atoms with Crippen LogP contribution in [-0.4, -0.2) is 11.7 Å². The molecule has 0 unspecified atom stereocenters. The minimum atomic E-state index is -2.96. The minimum Gasteiger partial charge on any atom is -0.293 e. The summed E-state index contributed by atoms with van der Waals surface area (Å²) in [6, 6.07) is 0. The Labute approximate surface area is 39.3 Å². The maximum absolute atomic E-state index is 11.6. The van der Waals surface area contributed by atoms with Gasteiger partial charge >= 0.3 is 5.92 Å². The van der Waals surface area contributed by atoms with Gasteiger partial charge in [-0.15, -0.1) is 0 Å². The number of halogens is 2. The van der Waals surface area contributed by atoms with E-state index in [4.69, 9.17) is 0 Å². The lowest BCUT2D eigenvalue weighted by Crippen LogP contribution is -2.38. The number of carbonyl (C=O) groups is 1. The van der Waals surface area contributed by atoms with Gasteiger partial charge in [-0.2, -0.15) is 8.78 Å². The maximum Gasteiger partial charge on any atom is 0.305 e. The molecule has 40 valence electrons. The van der Waals surface area contributed by atoms with Crippen LogP contribution in [0.3, 0.4) is 0 Å². The second kappa shape index (κ2) is 1.02. The van der Waals surface area contributed by atoms with Crippen molar-refractivity contribution in [3.8, 4) is 0 Å². The standard InChI is InChI=1S/C4H4F2O/c5-4(6)2-1-3(4)7/h1-2H2. The van der Waals surface area contributed by atoms with Crippen LogP contribution >= 0.6 is 0 Å². The van der Waals surface area contributed by atoms with Gasteiger partial charge in [0.25, 0.3) is 0 Å². The Morgan fingerprint density at radius 1 is 1.57 bits per heavy atom. The second-order valence-corrected chi connectivity index (χ2v) is 1.63. The molecule has 0 spiro atoms. The molecule has 3 heteroatoms. The summed E-state index contributed by atoms with van der Waals surface area (Å²) in [6.07, 6.45) is -0.182. The minimum absolute atomic E-state index is 0.0625. The van der Waals surface area contributed by atoms with Crippen molar-refractivity contribution >= 4 is 5.78 Å². The first-order valence-electron chi connectivity index (χ1n) is 2.04. The molecule has 0 radical (unpaired) electrons. The Morgan fingerprint density at radius 2 is 2.00 bits per heavy atom. The summed E-state index contributed by atoms with van der Waals surface area (Å²) < 4.78 is 23.2. The molecule has 0 aromatic rings. The van der Waals surface area contributed by atoms with Gasteiger partial charge in [0.2, 0.25) is 5.78 Å². The zero-order chi connectivity index (χ0) is 5.49. The number of hydrogen-bond acceptors (Lipinski definition) is 1. The SMILES string of the molecule is O=C1CCC1(F)F. The van der Waals surface area contributed by atoms with Crippen molar-refractivity contribution < 1.29 is 13.6 Å². The van der Waals surface area contributed by atoms with Crippen LogP contribution in [0.25, 0.3) is 0 Å². The van der Waals surface area contributed by atoms with E-state index in [2.05, 4.69) is 0 Å². The van der Waals surface area contributed by atoms with E-state index >= 15 is 0 Å². The van der Waals surface area contributed by atoms with Crippen LogP contribution in [-0.2, 0) is 4.79 Å². The molecule has 0 aromatic carbocycles. The number of carbonyl (C=O) groups excluding carboxylic acids is 1. The second-order valence-electron chi connectivity index (χ2n) is 1.63. The molecular formula is C4H4F2O. The summed E-state index contributed by atoms with van der Waals surface area (Å²) in [4.78, 5) is 9.80. The summed E-state index contributed by atoms with van der Waals surface area (Å²) >= 11 is 0. The van der Waals surface area contributed by atoms with Crippen molar-refractivity contribution in [2.75, 3.05) is 0 Å². The van der Waals surface area contributed by atoms with Gasteiger partial charge in [-0.1, -0.05) is 0 Å². The molecule has 0 aromatic heterocycles. The molecular weight excluding hydrogens is 102 g/mol. The third kappa shape index (κ3) is 0.518. The van der Waals surface area contributed by atoms with Crippen LogP contribution in [0.4, 0.5) is 8.78 Å². The molecule has 0 aliphatic heterocycles. The molecule has 0 heterocycles. The Morgan fingerprint density at radius 3 is 2.00 bits per heavy atom. The molecule has 0 amide bonds. The third-order valence-corrected chi connectivity index (χ3v) is 1.07. The van der Waals surface area contributed by atoms with Gasteiger partial charge in [0, 0.05) is 12.8 Å². The fourth-order valence-corrected chi connectivity index (χ4v) is 0.416. The largest absolute Gasteiger partial charge is 0.305 e. The van der Waals surface area contributed by atoms with Crippen LogP contribution in [0, 0.1) is 0 Å². The molecule has 7 heavy (non-hydrogen) atoms. The van der Waals surface area contributed by atoms with Gasteiger partial charge in [0.05, 0.1) is 0 Å². The van der Waals surface area contributed by atoms with E-state index in [0.29, 0.717) is 0 Å². The van der Waals surface area contributed by atoms with Crippen LogP contribution in [0.15, 0.2) is 0 Å². The van der Waals surface area contributed by atoms with Crippen molar-refractivity contribution in [2.24, 2.45) is 0 Å². The maximum atomic E-state index is 11.6. The average molecular weight is 106 g/mol. The van der Waals surface area contributed by atoms with Gasteiger partial charge < -0.3 is 0 Å². The number of rotatable bonds is 0. The predicted molar refractivity (Wildman–Crippen MR) is 19.2 cm³/mol. The normalized spacial score (nSPS) is 26.9. The molecule has 0 N–H and O–H groups in total. The quantitative estimate of drug-likeness (QED) is 0.450. The highest BCUT2D eigenvalue weighted by atomic mass is 19.3. The lowest BCUT2D eigenvalue weighted by atomic mass is 9.93. The van der Waals surface area contributed by atoms with Crippen molar-refractivity contribution in [1.82, 2.24) is 0 Å². The van der Waals surface area contributed by atoms with Crippen LogP contribution < -0.4 is 0 Å². The molecule has 1 aliphatic carbocycles. The predicted octanol–water partition coefficient (Wildman–Crippen LogP) is 0.985. The van der Waals surface area contributed by atoms with Gasteiger partial charge in [-0.3, -0.25) is 4.79 Å². The van der Waals surface area contributed by atoms with Crippen LogP contribution in [0.5, 0.6) is 0 Å². The first-order valence-corrected chi connectivity index (χ1v) is 2.04. The number of alkyl halides is 2. The zero-order valence-electron chi connectivity index (χ0n) is 3.58. The van der Waals surface area contributed by atoms with Crippen molar-refractivity contribution in [2.45, 2.75) is 18.8 Å². The van der Waals surface area contributed by atoms with E-state index in [-0.39, 0.29) is 12.8 Å². The van der Waals surface area contributed by atoms with E-state index in [1.807, 2.05) is 0 Å². The highest BCUT2D eigenvalue weighted by Gasteiger charge is 2.46. The summed E-state index contributed by atoms with van der Waals surface area (Å²) in [5.41, 5.74) is 0. The van der Waals surface area contributed by atoms with Gasteiger partial charge in [-0.25, -0.2) is 0 Å². The van der Waals surface area contributed by atoms with E-state index in [1.165, 1.54) is 0 Å². The van der Waals surface area contributed by atoms with Gasteiger partial charge in [-0.05, 0) is 0 Å². The number of hydrogen-bond donors (Lipinski definition) is 0. The third-order valence-electron chi connectivity index (χ3n) is 1.07. The van der Waals surface area contributed by atoms with Crippen molar-refractivity contribution in [1.29, 1.82) is 0 Å². The monoisotopic (exact) mass is 106 g/mol. The molecule has 0 saturated heterocycles. The van der Waals surface area contributed by atoms with Gasteiger partial charge in [0.1, 0.15) is 0 Å². The number of Topliss-reactive ketones (excluding diaryl/α,β-unsaturated/α-hetero) is 1. The first-order chi connectivity index (χ1) is 3.13. The van der Waals surface area contributed by atoms with Crippen LogP contribution in [0.1, 0.15) is 12.8 Å². The molecule has 0 bridgehead atoms. The highest BCUT2D eigenvalue weighted by molar-refractivity contribution is 5.91. The van der Waals surface area contributed by atoms with E-state index < -0.39 is 11.7 Å². The average Bonchev–Trinajstić information content (AvgIpc) is 1.63. The fraction of sp³-hybridized carbons (Fsp3) is 0.750. The summed E-state index contributed by atoms with van der Waals surface area (Å²) in [5, 5.41) is 0. The lowest BCUT2D eigenvalue weighted by Gasteiger charge is -2.22. The Bertz CT molecular complexity index is 108.